The number of ether oxygens (including phenoxy) is 2. The second-order valence-electron chi connectivity index (χ2n) is 9.36. The van der Waals surface area contributed by atoms with Crippen LogP contribution in [0.4, 0.5) is 11.6 Å². The molecule has 0 spiro atoms. The summed E-state index contributed by atoms with van der Waals surface area (Å²) >= 11 is 0. The SMILES string of the molecule is O=C1c2ccc(Oc3ccc(Oc4ccc5c(c4)C(=O)N(c4ccccn4)C5=O)cc3)cc2C(=O)N1c1ccccn1. The molecule has 2 aliphatic rings. The van der Waals surface area contributed by atoms with Crippen LogP contribution in [-0.2, 0) is 0 Å². The molecule has 0 unspecified atom stereocenters. The topological polar surface area (TPSA) is 119 Å². The molecule has 0 atom stereocenters. The first-order chi connectivity index (χ1) is 20.5. The first kappa shape index (κ1) is 24.9. The summed E-state index contributed by atoms with van der Waals surface area (Å²) in [4.78, 5) is 61.9. The predicted molar refractivity (Wildman–Crippen MR) is 150 cm³/mol. The van der Waals surface area contributed by atoms with Crippen molar-refractivity contribution in [3.63, 3.8) is 0 Å². The molecule has 2 aliphatic heterocycles. The molecule has 0 N–H and O–H groups in total. The Morgan fingerprint density at radius 2 is 0.810 bits per heavy atom. The van der Waals surface area contributed by atoms with E-state index in [-0.39, 0.29) is 33.9 Å². The highest BCUT2D eigenvalue weighted by molar-refractivity contribution is 6.35. The molecule has 0 bridgehead atoms. The summed E-state index contributed by atoms with van der Waals surface area (Å²) < 4.78 is 11.9. The van der Waals surface area contributed by atoms with E-state index in [0.29, 0.717) is 23.0 Å². The fourth-order valence-electron chi connectivity index (χ4n) is 4.80. The Bertz CT molecular complexity index is 1770. The Morgan fingerprint density at radius 3 is 1.19 bits per heavy atom. The van der Waals surface area contributed by atoms with Gasteiger partial charge in [0.2, 0.25) is 0 Å². The minimum atomic E-state index is -0.472. The van der Waals surface area contributed by atoms with Gasteiger partial charge >= 0.3 is 0 Å². The van der Waals surface area contributed by atoms with Crippen molar-refractivity contribution in [1.82, 2.24) is 9.97 Å². The molecule has 5 aromatic rings. The number of carbonyl (C=O) groups is 4. The Labute approximate surface area is 238 Å². The number of rotatable bonds is 6. The molecule has 3 aromatic carbocycles. The van der Waals surface area contributed by atoms with Gasteiger partial charge in [-0.15, -0.1) is 0 Å². The highest BCUT2D eigenvalue weighted by Crippen LogP contribution is 2.34. The van der Waals surface area contributed by atoms with E-state index >= 15 is 0 Å². The number of fused-ring (bicyclic) bond motifs is 2. The van der Waals surface area contributed by atoms with Crippen molar-refractivity contribution in [2.75, 3.05) is 9.80 Å². The second kappa shape index (κ2) is 9.79. The monoisotopic (exact) mass is 554 g/mol. The molecule has 0 saturated heterocycles. The van der Waals surface area contributed by atoms with Crippen LogP contribution in [0.1, 0.15) is 41.4 Å². The average molecular weight is 555 g/mol. The van der Waals surface area contributed by atoms with Crippen LogP contribution in [-0.4, -0.2) is 33.6 Å². The molecule has 7 rings (SSSR count). The number of pyridine rings is 2. The highest BCUT2D eigenvalue weighted by Gasteiger charge is 2.38. The number of amides is 4. The van der Waals surface area contributed by atoms with Gasteiger partial charge in [0, 0.05) is 12.4 Å². The lowest BCUT2D eigenvalue weighted by Gasteiger charge is -2.11. The Balaban J connectivity index is 1.05. The number of hydrogen-bond donors (Lipinski definition) is 0. The lowest BCUT2D eigenvalue weighted by molar-refractivity contribution is 0.0909. The lowest BCUT2D eigenvalue weighted by atomic mass is 10.1. The molecule has 0 aliphatic carbocycles. The number of anilines is 2. The molecule has 10 heteroatoms. The van der Waals surface area contributed by atoms with Gasteiger partial charge in [0.05, 0.1) is 22.3 Å². The van der Waals surface area contributed by atoms with Crippen molar-refractivity contribution in [3.8, 4) is 23.0 Å². The zero-order chi connectivity index (χ0) is 28.8. The summed E-state index contributed by atoms with van der Waals surface area (Å²) in [5, 5.41) is 0. The number of hydrogen-bond acceptors (Lipinski definition) is 8. The van der Waals surface area contributed by atoms with E-state index in [1.165, 1.54) is 24.5 Å². The van der Waals surface area contributed by atoms with Gasteiger partial charge in [-0.25, -0.2) is 19.8 Å². The van der Waals surface area contributed by atoms with E-state index in [4.69, 9.17) is 9.47 Å². The van der Waals surface area contributed by atoms with Crippen LogP contribution in [0.5, 0.6) is 23.0 Å². The molecule has 2 aromatic heterocycles. The average Bonchev–Trinajstić information content (AvgIpc) is 3.42. The predicted octanol–water partition coefficient (Wildman–Crippen LogP) is 5.66. The Morgan fingerprint density at radius 1 is 0.429 bits per heavy atom. The number of aromatic nitrogens is 2. The largest absolute Gasteiger partial charge is 0.457 e. The fourth-order valence-corrected chi connectivity index (χ4v) is 4.80. The number of nitrogens with zero attached hydrogens (tertiary/aromatic N) is 4. The Kier molecular flexibility index (Phi) is 5.79. The van der Waals surface area contributed by atoms with E-state index in [1.807, 2.05) is 0 Å². The second-order valence-corrected chi connectivity index (χ2v) is 9.36. The van der Waals surface area contributed by atoms with E-state index in [1.54, 1.807) is 84.9 Å². The quantitative estimate of drug-likeness (QED) is 0.247. The number of imide groups is 2. The van der Waals surface area contributed by atoms with E-state index in [9.17, 15) is 19.2 Å². The minimum absolute atomic E-state index is 0.231. The first-order valence-electron chi connectivity index (χ1n) is 12.8. The van der Waals surface area contributed by atoms with Crippen molar-refractivity contribution < 1.29 is 28.7 Å². The molecule has 42 heavy (non-hydrogen) atoms. The van der Waals surface area contributed by atoms with Crippen LogP contribution in [0.15, 0.2) is 109 Å². The standard InChI is InChI=1S/C32H18N4O6/c37-29-23-13-11-21(17-25(23)31(39)35(29)27-5-1-3-15-33-27)41-19-7-9-20(10-8-19)42-22-12-14-24-26(18-22)32(40)36(30(24)38)28-6-2-4-16-34-28/h1-18H. The molecule has 10 nitrogen and oxygen atoms in total. The summed E-state index contributed by atoms with van der Waals surface area (Å²) in [5.74, 6) is 0.395. The minimum Gasteiger partial charge on any atom is -0.457 e. The first-order valence-corrected chi connectivity index (χ1v) is 12.8. The summed E-state index contributed by atoms with van der Waals surface area (Å²) in [7, 11) is 0. The van der Waals surface area contributed by atoms with Crippen LogP contribution in [0, 0.1) is 0 Å². The van der Waals surface area contributed by atoms with Crippen molar-refractivity contribution in [1.29, 1.82) is 0 Å². The fraction of sp³-hybridized carbons (Fsp3) is 0. The number of benzene rings is 3. The normalized spacial score (nSPS) is 13.8. The van der Waals surface area contributed by atoms with E-state index in [2.05, 4.69) is 9.97 Å². The highest BCUT2D eigenvalue weighted by atomic mass is 16.5. The van der Waals surface area contributed by atoms with Crippen LogP contribution >= 0.6 is 0 Å². The van der Waals surface area contributed by atoms with Crippen molar-refractivity contribution >= 4 is 35.3 Å². The van der Waals surface area contributed by atoms with Gasteiger partial charge in [0.25, 0.3) is 23.6 Å². The van der Waals surface area contributed by atoms with Crippen molar-refractivity contribution in [3.05, 3.63) is 132 Å². The van der Waals surface area contributed by atoms with Crippen LogP contribution in [0.3, 0.4) is 0 Å². The van der Waals surface area contributed by atoms with Gasteiger partial charge in [-0.2, -0.15) is 0 Å². The number of carbonyl (C=O) groups excluding carboxylic acids is 4. The van der Waals surface area contributed by atoms with Gasteiger partial charge in [-0.3, -0.25) is 19.2 Å². The third-order valence-electron chi connectivity index (χ3n) is 6.77. The van der Waals surface area contributed by atoms with Crippen LogP contribution < -0.4 is 19.3 Å². The summed E-state index contributed by atoms with van der Waals surface area (Å²) in [5.41, 5.74) is 1.02. The van der Waals surface area contributed by atoms with Gasteiger partial charge in [-0.1, -0.05) is 12.1 Å². The van der Waals surface area contributed by atoms with E-state index < -0.39 is 23.6 Å². The molecule has 0 saturated carbocycles. The van der Waals surface area contributed by atoms with Gasteiger partial charge in [-0.05, 0) is 84.9 Å². The maximum absolute atomic E-state index is 13.0. The van der Waals surface area contributed by atoms with Gasteiger partial charge in [0.1, 0.15) is 34.6 Å². The van der Waals surface area contributed by atoms with Crippen LogP contribution in [0.2, 0.25) is 0 Å². The summed E-state index contributed by atoms with van der Waals surface area (Å²) in [6.07, 6.45) is 3.03. The molecule has 0 radical (unpaired) electrons. The molecular weight excluding hydrogens is 536 g/mol. The Hall–Kier alpha value is -6.16. The lowest BCUT2D eigenvalue weighted by Crippen LogP contribution is -2.30. The maximum atomic E-state index is 13.0. The zero-order valence-electron chi connectivity index (χ0n) is 21.6. The van der Waals surface area contributed by atoms with Gasteiger partial charge in [0.15, 0.2) is 0 Å². The van der Waals surface area contributed by atoms with E-state index in [0.717, 1.165) is 9.80 Å². The smallest absolute Gasteiger partial charge is 0.267 e. The molecule has 4 amide bonds. The zero-order valence-corrected chi connectivity index (χ0v) is 21.6. The van der Waals surface area contributed by atoms with Crippen molar-refractivity contribution in [2.45, 2.75) is 0 Å². The summed E-state index contributed by atoms with van der Waals surface area (Å²) in [6, 6.07) is 26.1. The molecule has 202 valence electrons. The maximum Gasteiger partial charge on any atom is 0.267 e. The molecular formula is C32H18N4O6. The summed E-state index contributed by atoms with van der Waals surface area (Å²) in [6.45, 7) is 0. The molecule has 0 fully saturated rings. The molecule has 4 heterocycles. The third-order valence-corrected chi connectivity index (χ3v) is 6.77. The third kappa shape index (κ3) is 4.14. The van der Waals surface area contributed by atoms with Crippen LogP contribution in [0.25, 0.3) is 0 Å². The van der Waals surface area contributed by atoms with Gasteiger partial charge < -0.3 is 9.47 Å². The van der Waals surface area contributed by atoms with Crippen molar-refractivity contribution in [2.24, 2.45) is 0 Å².